The second-order valence-corrected chi connectivity index (χ2v) is 6.17. The van der Waals surface area contributed by atoms with Gasteiger partial charge in [0.25, 0.3) is 0 Å². The predicted octanol–water partition coefficient (Wildman–Crippen LogP) is 4.14. The van der Waals surface area contributed by atoms with E-state index in [4.69, 9.17) is 0 Å². The zero-order valence-electron chi connectivity index (χ0n) is 14.9. The molecule has 28 heavy (non-hydrogen) atoms. The van der Waals surface area contributed by atoms with Crippen LogP contribution in [0.4, 0.5) is 17.2 Å². The fourth-order valence-electron chi connectivity index (χ4n) is 3.14. The summed E-state index contributed by atoms with van der Waals surface area (Å²) < 4.78 is 0. The molecule has 136 valence electrons. The molecule has 0 unspecified atom stereocenters. The van der Waals surface area contributed by atoms with Crippen LogP contribution in [0, 0.1) is 11.3 Å². The highest BCUT2D eigenvalue weighted by Crippen LogP contribution is 2.33. The van der Waals surface area contributed by atoms with Crippen LogP contribution in [-0.4, -0.2) is 28.1 Å². The average molecular weight is 369 g/mol. The quantitative estimate of drug-likeness (QED) is 0.464. The zero-order chi connectivity index (χ0) is 19.7. The smallest absolute Gasteiger partial charge is 0.335 e. The zero-order valence-corrected chi connectivity index (χ0v) is 14.9. The average Bonchev–Trinajstić information content (AvgIpc) is 2.73. The molecule has 4 rings (SSSR count). The number of nitriles is 1. The molecule has 0 bridgehead atoms. The van der Waals surface area contributed by atoms with Crippen molar-refractivity contribution in [3.63, 3.8) is 0 Å². The van der Waals surface area contributed by atoms with Gasteiger partial charge in [0, 0.05) is 35.6 Å². The number of carboxylic acids is 1. The maximum Gasteiger partial charge on any atom is 0.335 e. The van der Waals surface area contributed by atoms with Gasteiger partial charge in [-0.3, -0.25) is 4.98 Å². The van der Waals surface area contributed by atoms with Crippen LogP contribution in [0.15, 0.2) is 54.9 Å². The molecule has 0 aliphatic carbocycles. The van der Waals surface area contributed by atoms with Crippen LogP contribution in [-0.2, 0) is 0 Å². The summed E-state index contributed by atoms with van der Waals surface area (Å²) in [4.78, 5) is 20.2. The van der Waals surface area contributed by atoms with Gasteiger partial charge in [0.05, 0.1) is 34.1 Å². The first kappa shape index (κ1) is 17.2. The predicted molar refractivity (Wildman–Crippen MR) is 108 cm³/mol. The third-order valence-corrected chi connectivity index (χ3v) is 4.51. The molecule has 2 aromatic carbocycles. The van der Waals surface area contributed by atoms with E-state index in [1.165, 1.54) is 0 Å². The summed E-state index contributed by atoms with van der Waals surface area (Å²) in [6, 6.07) is 14.1. The fourth-order valence-corrected chi connectivity index (χ4v) is 3.14. The number of nitrogens with zero attached hydrogens (tertiary/aromatic N) is 3. The van der Waals surface area contributed by atoms with Gasteiger partial charge in [-0.1, -0.05) is 6.07 Å². The summed E-state index contributed by atoms with van der Waals surface area (Å²) in [5.74, 6) is -0.456. The second-order valence-electron chi connectivity index (χ2n) is 6.17. The molecule has 0 saturated heterocycles. The molecule has 0 atom stereocenters. The van der Waals surface area contributed by atoms with Crippen LogP contribution in [0.5, 0.6) is 0 Å². The van der Waals surface area contributed by atoms with Crippen molar-refractivity contribution in [2.45, 2.75) is 0 Å². The molecule has 0 aliphatic heterocycles. The first-order valence-corrected chi connectivity index (χ1v) is 8.50. The molecule has 7 nitrogen and oxygen atoms in total. The molecular weight excluding hydrogens is 354 g/mol. The minimum atomic E-state index is -1.01. The number of rotatable bonds is 4. The molecule has 0 aliphatic rings. The van der Waals surface area contributed by atoms with E-state index in [1.807, 2.05) is 12.1 Å². The Labute approximate surface area is 160 Å². The normalized spacial score (nSPS) is 10.6. The topological polar surface area (TPSA) is 111 Å². The van der Waals surface area contributed by atoms with Crippen molar-refractivity contribution in [3.05, 3.63) is 66.0 Å². The molecule has 0 fully saturated rings. The largest absolute Gasteiger partial charge is 0.478 e. The summed E-state index contributed by atoms with van der Waals surface area (Å²) in [6.45, 7) is 0. The van der Waals surface area contributed by atoms with Crippen molar-refractivity contribution in [3.8, 4) is 6.07 Å². The number of hydrogen-bond donors (Lipinski definition) is 3. The summed E-state index contributed by atoms with van der Waals surface area (Å²) in [6.07, 6.45) is 3.41. The first-order valence-electron chi connectivity index (χ1n) is 8.50. The Bertz CT molecular complexity index is 1280. The van der Waals surface area contributed by atoms with Crippen LogP contribution >= 0.6 is 0 Å². The number of aromatic carboxylic acids is 1. The van der Waals surface area contributed by atoms with Gasteiger partial charge in [-0.15, -0.1) is 0 Å². The molecular formula is C21H15N5O2. The molecule has 7 heteroatoms. The van der Waals surface area contributed by atoms with Crippen LogP contribution in [0.3, 0.4) is 0 Å². The van der Waals surface area contributed by atoms with Crippen LogP contribution in [0.25, 0.3) is 21.7 Å². The van der Waals surface area contributed by atoms with Crippen molar-refractivity contribution < 1.29 is 9.90 Å². The van der Waals surface area contributed by atoms with Gasteiger partial charge in [0.1, 0.15) is 5.82 Å². The van der Waals surface area contributed by atoms with Crippen LogP contribution in [0.2, 0.25) is 0 Å². The minimum Gasteiger partial charge on any atom is -0.478 e. The Kier molecular flexibility index (Phi) is 4.22. The number of carboxylic acid groups (broad SMARTS) is 1. The van der Waals surface area contributed by atoms with Gasteiger partial charge in [0.2, 0.25) is 0 Å². The summed E-state index contributed by atoms with van der Waals surface area (Å²) in [5.41, 5.74) is 2.73. The lowest BCUT2D eigenvalue weighted by Gasteiger charge is -2.15. The van der Waals surface area contributed by atoms with Gasteiger partial charge in [0.15, 0.2) is 0 Å². The summed E-state index contributed by atoms with van der Waals surface area (Å²) in [5, 5.41) is 27.4. The number of pyridine rings is 2. The number of nitrogens with one attached hydrogen (secondary N) is 2. The Balaban J connectivity index is 1.95. The third-order valence-electron chi connectivity index (χ3n) is 4.51. The van der Waals surface area contributed by atoms with Crippen molar-refractivity contribution in [1.82, 2.24) is 9.97 Å². The third kappa shape index (κ3) is 2.93. The monoisotopic (exact) mass is 369 g/mol. The van der Waals surface area contributed by atoms with Crippen LogP contribution in [0.1, 0.15) is 15.9 Å². The minimum absolute atomic E-state index is 0.164. The highest BCUT2D eigenvalue weighted by atomic mass is 16.4. The Morgan fingerprint density at radius 3 is 2.68 bits per heavy atom. The van der Waals surface area contributed by atoms with Gasteiger partial charge in [-0.25, -0.2) is 9.78 Å². The first-order chi connectivity index (χ1) is 13.6. The number of carbonyl (C=O) groups is 1. The van der Waals surface area contributed by atoms with E-state index in [0.29, 0.717) is 22.6 Å². The van der Waals surface area contributed by atoms with Gasteiger partial charge in [-0.2, -0.15) is 5.26 Å². The van der Waals surface area contributed by atoms with Crippen molar-refractivity contribution in [2.24, 2.45) is 0 Å². The standard InChI is InChI=1S/C21H15N5O2/c1-23-17-5-2-12(10-22)8-19(17)26-20-15-6-7-24-11-16(15)14-4-3-13(21(27)28)9-18(14)25-20/h2-9,11,23H,1H3,(H,25,26)(H,27,28). The fraction of sp³-hybridized carbons (Fsp3) is 0.0476. The summed E-state index contributed by atoms with van der Waals surface area (Å²) in [7, 11) is 1.79. The Morgan fingerprint density at radius 2 is 1.93 bits per heavy atom. The van der Waals surface area contributed by atoms with Gasteiger partial charge < -0.3 is 15.7 Å². The molecule has 2 heterocycles. The van der Waals surface area contributed by atoms with E-state index in [2.05, 4.69) is 26.7 Å². The number of aromatic nitrogens is 2. The van der Waals surface area contributed by atoms with Crippen molar-refractivity contribution in [2.75, 3.05) is 17.7 Å². The lowest BCUT2D eigenvalue weighted by Crippen LogP contribution is -2.02. The van der Waals surface area contributed by atoms with E-state index >= 15 is 0 Å². The summed E-state index contributed by atoms with van der Waals surface area (Å²) >= 11 is 0. The van der Waals surface area contributed by atoms with Crippen LogP contribution < -0.4 is 10.6 Å². The molecule has 0 radical (unpaired) electrons. The van der Waals surface area contributed by atoms with E-state index in [9.17, 15) is 15.2 Å². The highest BCUT2D eigenvalue weighted by Gasteiger charge is 2.13. The second kappa shape index (κ2) is 6.85. The maximum absolute atomic E-state index is 11.3. The molecule has 2 aromatic heterocycles. The van der Waals surface area contributed by atoms with E-state index in [0.717, 1.165) is 21.8 Å². The van der Waals surface area contributed by atoms with Gasteiger partial charge >= 0.3 is 5.97 Å². The van der Waals surface area contributed by atoms with E-state index in [1.54, 1.807) is 49.8 Å². The number of fused-ring (bicyclic) bond motifs is 3. The Morgan fingerprint density at radius 1 is 1.07 bits per heavy atom. The lowest BCUT2D eigenvalue weighted by molar-refractivity contribution is 0.0697. The molecule has 3 N–H and O–H groups in total. The molecule has 0 spiro atoms. The Hall–Kier alpha value is -4.18. The molecule has 0 amide bonds. The highest BCUT2D eigenvalue weighted by molar-refractivity contribution is 6.11. The van der Waals surface area contributed by atoms with E-state index < -0.39 is 5.97 Å². The van der Waals surface area contributed by atoms with Gasteiger partial charge in [-0.05, 0) is 36.4 Å². The van der Waals surface area contributed by atoms with E-state index in [-0.39, 0.29) is 5.56 Å². The van der Waals surface area contributed by atoms with Crippen molar-refractivity contribution >= 4 is 44.8 Å². The number of anilines is 3. The maximum atomic E-state index is 11.3. The number of hydrogen-bond acceptors (Lipinski definition) is 6. The molecule has 0 saturated carbocycles. The van der Waals surface area contributed by atoms with Crippen molar-refractivity contribution in [1.29, 1.82) is 5.26 Å². The SMILES string of the molecule is CNc1ccc(C#N)cc1Nc1nc2cc(C(=O)O)ccc2c2cnccc12. The number of benzene rings is 2. The lowest BCUT2D eigenvalue weighted by atomic mass is 10.1. The molecule has 4 aromatic rings.